The van der Waals surface area contributed by atoms with E-state index in [1.54, 1.807) is 91.0 Å². The molecule has 0 saturated heterocycles. The quantitative estimate of drug-likeness (QED) is 0.156. The zero-order valence-electron chi connectivity index (χ0n) is 35.0. The zero-order valence-corrected chi connectivity index (χ0v) is 38.6. The number of rotatable bonds is 3. The fourth-order valence-electron chi connectivity index (χ4n) is 7.61. The van der Waals surface area contributed by atoms with Crippen LogP contribution in [0.1, 0.15) is 33.8 Å². The average Bonchev–Trinajstić information content (AvgIpc) is 3.86. The Kier molecular flexibility index (Phi) is 12.1. The Morgan fingerprint density at radius 1 is 0.313 bits per heavy atom. The van der Waals surface area contributed by atoms with Crippen molar-refractivity contribution in [1.29, 1.82) is 0 Å². The van der Waals surface area contributed by atoms with Gasteiger partial charge in [-0.2, -0.15) is 0 Å². The van der Waals surface area contributed by atoms with Gasteiger partial charge >= 0.3 is 17.4 Å². The number of benzene rings is 6. The molecule has 16 heteroatoms. The van der Waals surface area contributed by atoms with Gasteiger partial charge in [0, 0.05) is 16.2 Å². The predicted molar refractivity (Wildman–Crippen MR) is 266 cm³/mol. The monoisotopic (exact) mass is 948 g/mol. The normalized spacial score (nSPS) is 17.1. The fraction of sp³-hybridized carbons (Fsp3) is 0. The maximum absolute atomic E-state index is 12.0. The summed E-state index contributed by atoms with van der Waals surface area (Å²) in [4.78, 5) is 14.3. The van der Waals surface area contributed by atoms with Gasteiger partial charge in [0.25, 0.3) is 0 Å². The second kappa shape index (κ2) is 18.1. The van der Waals surface area contributed by atoms with Crippen LogP contribution in [0.2, 0.25) is 0 Å². The second-order valence-corrected chi connectivity index (χ2v) is 19.8. The number of hydrogen-bond acceptors (Lipinski definition) is 9. The van der Waals surface area contributed by atoms with Crippen molar-refractivity contribution in [3.8, 4) is 0 Å². The van der Waals surface area contributed by atoms with Crippen LogP contribution in [0, 0.1) is 0 Å². The molecule has 0 N–H and O–H groups in total. The Morgan fingerprint density at radius 3 is 0.866 bits per heavy atom. The summed E-state index contributed by atoms with van der Waals surface area (Å²) in [6, 6.07) is 55.3. The molecule has 0 fully saturated rings. The molecule has 0 radical (unpaired) electrons. The van der Waals surface area contributed by atoms with Crippen molar-refractivity contribution in [2.75, 3.05) is 0 Å². The van der Waals surface area contributed by atoms with Gasteiger partial charge in [-0.05, 0) is 71.3 Å². The van der Waals surface area contributed by atoms with Crippen LogP contribution < -0.4 is 0 Å². The molecular formula is C51H33AlN6O6S3. The molecule has 0 spiro atoms. The molecule has 12 rings (SSSR count). The van der Waals surface area contributed by atoms with E-state index in [2.05, 4.69) is 29.1 Å². The molecule has 0 amide bonds. The van der Waals surface area contributed by atoms with Crippen molar-refractivity contribution in [2.24, 2.45) is 0 Å². The van der Waals surface area contributed by atoms with Crippen molar-refractivity contribution in [1.82, 2.24) is 15.0 Å². The Balaban J connectivity index is 0.000000125. The summed E-state index contributed by atoms with van der Waals surface area (Å²) in [6.07, 6.45) is 5.11. The smallest absolute Gasteiger partial charge is 0.572 e. The molecule has 9 aromatic rings. The Hall–Kier alpha value is -7.45. The summed E-state index contributed by atoms with van der Waals surface area (Å²) in [5.41, 5.74) is 7.81. The van der Waals surface area contributed by atoms with Gasteiger partial charge in [0.1, 0.15) is 30.1 Å². The van der Waals surface area contributed by atoms with E-state index in [9.17, 15) is 25.3 Å². The molecule has 3 aliphatic rings. The van der Waals surface area contributed by atoms with Crippen LogP contribution >= 0.6 is 0 Å². The summed E-state index contributed by atoms with van der Waals surface area (Å²) < 4.78 is 83.8. The number of aromatic nitrogens is 3. The molecular weight excluding hydrogens is 916 g/mol. The molecule has 0 bridgehead atoms. The van der Waals surface area contributed by atoms with Crippen molar-refractivity contribution >= 4 is 115 Å². The van der Waals surface area contributed by atoms with Gasteiger partial charge in [-0.1, -0.05) is 146 Å². The molecule has 67 heavy (non-hydrogen) atoms. The maximum Gasteiger partial charge on any atom is 3.00 e. The van der Waals surface area contributed by atoms with E-state index in [1.165, 1.54) is 0 Å². The van der Waals surface area contributed by atoms with Crippen molar-refractivity contribution < 1.29 is 25.3 Å². The van der Waals surface area contributed by atoms with Crippen LogP contribution in [0.5, 0.6) is 0 Å². The first-order valence-corrected chi connectivity index (χ1v) is 24.7. The van der Waals surface area contributed by atoms with Crippen LogP contribution in [-0.2, 0) is 30.1 Å². The first-order chi connectivity index (χ1) is 31.9. The summed E-state index contributed by atoms with van der Waals surface area (Å²) in [5.74, 6) is 0. The summed E-state index contributed by atoms with van der Waals surface area (Å²) in [5, 5.41) is 3.13. The topological polar surface area (TPSA) is 183 Å². The number of nitrogens with zero attached hydrogens (tertiary/aromatic N) is 6. The van der Waals surface area contributed by atoms with E-state index in [-0.39, 0.29) is 32.0 Å². The fourth-order valence-corrected chi connectivity index (χ4v) is 11.2. The third-order valence-electron chi connectivity index (χ3n) is 10.7. The van der Waals surface area contributed by atoms with E-state index in [0.29, 0.717) is 50.9 Å². The minimum absolute atomic E-state index is 0. The van der Waals surface area contributed by atoms with Gasteiger partial charge < -0.3 is 14.2 Å². The zero-order chi connectivity index (χ0) is 45.5. The standard InChI is InChI=1S/3C17H11N2O2S.Al/c3*20-22(21)17-8-4-2-6-14(17)16(19-22)11-13-10-9-12-5-1-3-7-15(12)18-13;/h3*1-11H;/q3*-1;+3/b3*16-11-;. The molecule has 0 unspecified atom stereocenters. The summed E-state index contributed by atoms with van der Waals surface area (Å²) in [6.45, 7) is 0. The van der Waals surface area contributed by atoms with Crippen molar-refractivity contribution in [3.63, 3.8) is 0 Å². The molecule has 12 nitrogen and oxygen atoms in total. The molecule has 3 aliphatic heterocycles. The Bertz CT molecular complexity index is 3480. The van der Waals surface area contributed by atoms with Crippen molar-refractivity contribution in [2.45, 2.75) is 14.7 Å². The molecule has 0 saturated carbocycles. The first-order valence-electron chi connectivity index (χ1n) is 20.4. The number of pyridine rings is 3. The SMILES string of the molecule is O=S1(=O)[N-]/C(=C\c2ccc3ccccc3n2)c2ccccc21.O=S1(=O)[N-]/C(=C\c2ccc3ccccc3n2)c2ccccc21.O=S1(=O)[N-]/C(=C\c2ccc3ccccc3n2)c2ccccc21.[Al+3]. The number of fused-ring (bicyclic) bond motifs is 6. The largest absolute Gasteiger partial charge is 3.00 e. The molecule has 324 valence electrons. The van der Waals surface area contributed by atoms with Gasteiger partial charge in [-0.25, -0.2) is 40.2 Å². The van der Waals surface area contributed by atoms with E-state index in [1.807, 2.05) is 109 Å². The van der Waals surface area contributed by atoms with Gasteiger partial charge in [0.15, 0.2) is 0 Å². The van der Waals surface area contributed by atoms with E-state index < -0.39 is 30.1 Å². The third-order valence-corrected chi connectivity index (χ3v) is 14.7. The van der Waals surface area contributed by atoms with E-state index in [0.717, 1.165) is 32.7 Å². The first kappa shape index (κ1) is 44.7. The van der Waals surface area contributed by atoms with Crippen LogP contribution in [0.25, 0.3) is 82.2 Å². The van der Waals surface area contributed by atoms with Gasteiger partial charge in [0.2, 0.25) is 0 Å². The summed E-state index contributed by atoms with van der Waals surface area (Å²) in [7, 11) is -10.8. The van der Waals surface area contributed by atoms with Gasteiger partial charge in [0.05, 0.1) is 48.3 Å². The Labute approximate surface area is 397 Å². The molecule has 0 aliphatic carbocycles. The molecule has 3 aromatic heterocycles. The van der Waals surface area contributed by atoms with Crippen LogP contribution in [-0.4, -0.2) is 57.6 Å². The summed E-state index contributed by atoms with van der Waals surface area (Å²) >= 11 is 0. The second-order valence-electron chi connectivity index (χ2n) is 15.1. The minimum Gasteiger partial charge on any atom is -0.572 e. The van der Waals surface area contributed by atoms with Crippen molar-refractivity contribution in [3.05, 3.63) is 230 Å². The van der Waals surface area contributed by atoms with E-state index >= 15 is 0 Å². The predicted octanol–water partition coefficient (Wildman–Crippen LogP) is 11.0. The average molecular weight is 949 g/mol. The molecule has 0 atom stereocenters. The van der Waals surface area contributed by atoms with Gasteiger partial charge in [-0.3, -0.25) is 0 Å². The Morgan fingerprint density at radius 2 is 0.567 bits per heavy atom. The van der Waals surface area contributed by atoms with Crippen LogP contribution in [0.3, 0.4) is 0 Å². The van der Waals surface area contributed by atoms with E-state index in [4.69, 9.17) is 0 Å². The minimum atomic E-state index is -3.59. The van der Waals surface area contributed by atoms with Crippen LogP contribution in [0.4, 0.5) is 0 Å². The molecule has 6 heterocycles. The van der Waals surface area contributed by atoms with Gasteiger partial charge in [-0.15, -0.1) is 17.1 Å². The van der Waals surface area contributed by atoms with Crippen LogP contribution in [0.15, 0.2) is 197 Å². The number of sulfonamides is 3. The molecule has 6 aromatic carbocycles. The third kappa shape index (κ3) is 9.22. The number of hydrogen-bond donors (Lipinski definition) is 0. The maximum atomic E-state index is 12.0. The number of para-hydroxylation sites is 3.